The van der Waals surface area contributed by atoms with Crippen molar-refractivity contribution < 1.29 is 4.74 Å². The van der Waals surface area contributed by atoms with Gasteiger partial charge in [0.25, 0.3) is 6.71 Å². The first-order valence-electron chi connectivity index (χ1n) is 33.9. The highest BCUT2D eigenvalue weighted by molar-refractivity contribution is 6.99. The third-order valence-electron chi connectivity index (χ3n) is 21.8. The highest BCUT2D eigenvalue weighted by Gasteiger charge is 2.42. The Morgan fingerprint density at radius 3 is 1.06 bits per heavy atom. The average Bonchev–Trinajstić information content (AvgIpc) is 1.67. The van der Waals surface area contributed by atoms with Crippen molar-refractivity contribution in [3.63, 3.8) is 0 Å². The van der Waals surface area contributed by atoms with Gasteiger partial charge in [0.05, 0.1) is 49.7 Å². The molecule has 2 aliphatic heterocycles. The number of hydrogen-bond acceptors (Lipinski definition) is 1. The van der Waals surface area contributed by atoms with Gasteiger partial charge in [-0.3, -0.25) is 0 Å². The van der Waals surface area contributed by atoms with Crippen molar-refractivity contribution >= 4 is 132 Å². The summed E-state index contributed by atoms with van der Waals surface area (Å²) in [5.41, 5.74) is 33.4. The second-order valence-electron chi connectivity index (χ2n) is 27.6. The molecular formula is C90H62BN5O. The molecule has 7 heteroatoms. The summed E-state index contributed by atoms with van der Waals surface area (Å²) in [6, 6.07) is 101. The maximum Gasteiger partial charge on any atom is 0.256 e. The highest BCUT2D eigenvalue weighted by atomic mass is 16.5. The summed E-state index contributed by atoms with van der Waals surface area (Å²) in [4.78, 5) is 0. The van der Waals surface area contributed by atoms with Crippen LogP contribution in [0, 0.1) is 41.5 Å². The number of benzene rings is 14. The molecule has 21 rings (SSSR count). The summed E-state index contributed by atoms with van der Waals surface area (Å²) < 4.78 is 20.0. The maximum atomic E-state index is 7.47. The summed E-state index contributed by atoms with van der Waals surface area (Å²) in [7, 11) is 0. The first kappa shape index (κ1) is 54.4. The van der Waals surface area contributed by atoms with Crippen LogP contribution in [-0.4, -0.2) is 29.5 Å². The van der Waals surface area contributed by atoms with Gasteiger partial charge in [-0.15, -0.1) is 0 Å². The average molecular weight is 1240 g/mol. The summed E-state index contributed by atoms with van der Waals surface area (Å²) in [6.07, 6.45) is 0. The minimum absolute atomic E-state index is 0.191. The van der Waals surface area contributed by atoms with Crippen LogP contribution in [0.4, 0.5) is 0 Å². The Labute approximate surface area is 560 Å². The van der Waals surface area contributed by atoms with E-state index in [1.54, 1.807) is 0 Å². The Hall–Kier alpha value is -12.1. The van der Waals surface area contributed by atoms with E-state index in [9.17, 15) is 0 Å². The van der Waals surface area contributed by atoms with Crippen LogP contribution in [0.25, 0.3) is 160 Å². The van der Waals surface area contributed by atoms with Crippen molar-refractivity contribution in [1.29, 1.82) is 0 Å². The largest absolute Gasteiger partial charge is 0.458 e. The fourth-order valence-electron chi connectivity index (χ4n) is 18.3. The summed E-state index contributed by atoms with van der Waals surface area (Å²) in [5, 5.41) is 12.2. The molecule has 0 saturated heterocycles. The fraction of sp³-hybridized carbons (Fsp3) is 0.0667. The molecule has 0 amide bonds. The molecule has 97 heavy (non-hydrogen) atoms. The SMILES string of the molecule is Cc1cc(C)c(-c2ccc3c(c2)B2c4c(cc(-c5c(C)cc(C)cc5C)cc4-n4c5ccc(-n6c7ccccc7c7cc(-n8c9ccccc9c9ccccc98)ccc76)cc5c5cc(-n6c7ccccc7c7cc(-n8c9ccccc9c9ccccc98)ccc76)cc2c54)O3)c(C)c1. The maximum absolute atomic E-state index is 7.47. The Balaban J connectivity index is 0.860. The first-order valence-corrected chi connectivity index (χ1v) is 33.9. The van der Waals surface area contributed by atoms with Crippen molar-refractivity contribution in [2.75, 3.05) is 0 Å². The topological polar surface area (TPSA) is 33.9 Å². The van der Waals surface area contributed by atoms with Gasteiger partial charge in [0.2, 0.25) is 0 Å². The lowest BCUT2D eigenvalue weighted by Crippen LogP contribution is -2.58. The first-order chi connectivity index (χ1) is 47.6. The molecule has 2 aliphatic rings. The van der Waals surface area contributed by atoms with Crippen LogP contribution in [0.2, 0.25) is 0 Å². The van der Waals surface area contributed by atoms with Crippen molar-refractivity contribution in [3.05, 3.63) is 300 Å². The minimum atomic E-state index is -0.191. The summed E-state index contributed by atoms with van der Waals surface area (Å²) in [6.45, 7) is 13.3. The van der Waals surface area contributed by atoms with Crippen LogP contribution in [0.3, 0.4) is 0 Å². The molecule has 19 aromatic rings. The zero-order valence-electron chi connectivity index (χ0n) is 54.6. The predicted octanol–water partition coefficient (Wildman–Crippen LogP) is 21.3. The van der Waals surface area contributed by atoms with Gasteiger partial charge in [-0.2, -0.15) is 0 Å². The second kappa shape index (κ2) is 19.8. The number of nitrogens with zero attached hydrogens (tertiary/aromatic N) is 5. The summed E-state index contributed by atoms with van der Waals surface area (Å²) in [5.74, 6) is 1.78. The smallest absolute Gasteiger partial charge is 0.256 e. The van der Waals surface area contributed by atoms with E-state index >= 15 is 0 Å². The van der Waals surface area contributed by atoms with E-state index in [2.05, 4.69) is 331 Å². The predicted molar refractivity (Wildman–Crippen MR) is 409 cm³/mol. The normalized spacial score (nSPS) is 12.7. The molecule has 0 fully saturated rings. The number of aromatic nitrogens is 5. The van der Waals surface area contributed by atoms with Crippen LogP contribution in [-0.2, 0) is 0 Å². The van der Waals surface area contributed by atoms with Gasteiger partial charge < -0.3 is 27.6 Å². The van der Waals surface area contributed by atoms with Crippen molar-refractivity contribution in [1.82, 2.24) is 22.8 Å². The molecule has 0 bridgehead atoms. The molecule has 6 nitrogen and oxygen atoms in total. The third kappa shape index (κ3) is 7.51. The fourth-order valence-corrected chi connectivity index (χ4v) is 18.3. The van der Waals surface area contributed by atoms with E-state index in [1.807, 2.05) is 0 Å². The van der Waals surface area contributed by atoms with Crippen LogP contribution < -0.4 is 21.1 Å². The van der Waals surface area contributed by atoms with Crippen LogP contribution >= 0.6 is 0 Å². The number of aryl methyl sites for hydroxylation is 6. The summed E-state index contributed by atoms with van der Waals surface area (Å²) >= 11 is 0. The minimum Gasteiger partial charge on any atom is -0.458 e. The van der Waals surface area contributed by atoms with E-state index < -0.39 is 0 Å². The number of para-hydroxylation sites is 6. The number of hydrogen-bond donors (Lipinski definition) is 0. The van der Waals surface area contributed by atoms with E-state index in [-0.39, 0.29) is 6.71 Å². The van der Waals surface area contributed by atoms with Crippen molar-refractivity contribution in [2.45, 2.75) is 41.5 Å². The number of fused-ring (bicyclic) bond motifs is 19. The van der Waals surface area contributed by atoms with Gasteiger partial charge in [0.15, 0.2) is 0 Å². The Kier molecular flexibility index (Phi) is 11.1. The quantitative estimate of drug-likeness (QED) is 0.153. The lowest BCUT2D eigenvalue weighted by molar-refractivity contribution is 0.487. The zero-order chi connectivity index (χ0) is 64.4. The van der Waals surface area contributed by atoms with Gasteiger partial charge in [-0.1, -0.05) is 157 Å². The van der Waals surface area contributed by atoms with Crippen molar-refractivity contribution in [2.24, 2.45) is 0 Å². The molecule has 5 aromatic heterocycles. The van der Waals surface area contributed by atoms with Gasteiger partial charge in [-0.25, -0.2) is 0 Å². The monoisotopic (exact) mass is 1240 g/mol. The molecule has 0 unspecified atom stereocenters. The van der Waals surface area contributed by atoms with Crippen molar-refractivity contribution in [3.8, 4) is 62.2 Å². The molecule has 0 saturated carbocycles. The van der Waals surface area contributed by atoms with Crippen LogP contribution in [0.15, 0.2) is 267 Å². The number of rotatable bonds is 6. The van der Waals surface area contributed by atoms with Crippen LogP contribution in [0.1, 0.15) is 33.4 Å². The van der Waals surface area contributed by atoms with E-state index in [4.69, 9.17) is 4.74 Å². The standard InChI is InChI=1S/C90H62BN5O/c1-51-39-53(3)87(54(4)40-51)57-31-38-85-73(43-57)91-74-50-62(95-80-30-18-12-24-68(80)70-47-60(33-36-82(70)95)93-77-27-15-9-21-65(77)66-22-10-16-28-78(66)93)49-72-71-48-61(34-37-83(71)96(90(72)74)84-44-58(45-86(97-85)89(84)91)88-55(5)41-52(2)42-56(88)6)94-79-29-17-11-23-67(79)69-46-59(32-35-81(69)94)92-75-25-13-7-19-63(75)64-20-8-14-26-76(64)92/h7-50H,1-6H3. The molecule has 14 aromatic carbocycles. The van der Waals surface area contributed by atoms with E-state index in [0.717, 1.165) is 73.1 Å². The van der Waals surface area contributed by atoms with Gasteiger partial charge in [0.1, 0.15) is 11.5 Å². The van der Waals surface area contributed by atoms with Gasteiger partial charge in [-0.05, 0) is 224 Å². The molecule has 456 valence electrons. The van der Waals surface area contributed by atoms with Gasteiger partial charge >= 0.3 is 0 Å². The molecule has 0 atom stereocenters. The zero-order valence-corrected chi connectivity index (χ0v) is 54.6. The lowest BCUT2D eigenvalue weighted by atomic mass is 9.34. The Morgan fingerprint density at radius 2 is 0.619 bits per heavy atom. The molecule has 0 aliphatic carbocycles. The Bertz CT molecular complexity index is 6600. The molecule has 0 spiro atoms. The van der Waals surface area contributed by atoms with Gasteiger partial charge in [0, 0.05) is 87.8 Å². The van der Waals surface area contributed by atoms with E-state index in [0.29, 0.717) is 0 Å². The van der Waals surface area contributed by atoms with E-state index in [1.165, 1.54) is 148 Å². The van der Waals surface area contributed by atoms with Crippen LogP contribution in [0.5, 0.6) is 11.5 Å². The molecule has 0 radical (unpaired) electrons. The number of ether oxygens (including phenoxy) is 1. The Morgan fingerprint density at radius 1 is 0.258 bits per heavy atom. The highest BCUT2D eigenvalue weighted by Crippen LogP contribution is 2.46. The molecule has 0 N–H and O–H groups in total. The lowest BCUT2D eigenvalue weighted by Gasteiger charge is -2.34. The third-order valence-corrected chi connectivity index (χ3v) is 21.8. The second-order valence-corrected chi connectivity index (χ2v) is 27.6. The molecular weight excluding hydrogens is 1180 g/mol. The molecule has 7 heterocycles.